The number of nitrogens with two attached hydrogens (primary N) is 1. The van der Waals surface area contributed by atoms with Crippen LogP contribution in [-0.4, -0.2) is 21.3 Å². The number of aromatic nitrogens is 2. The summed E-state index contributed by atoms with van der Waals surface area (Å²) >= 11 is 3.47. The molecule has 0 radical (unpaired) electrons. The molecule has 1 unspecified atom stereocenters. The molecule has 98 valence electrons. The van der Waals surface area contributed by atoms with Gasteiger partial charge in [-0.25, -0.2) is 4.98 Å². The van der Waals surface area contributed by atoms with Gasteiger partial charge in [0.05, 0.1) is 11.0 Å². The van der Waals surface area contributed by atoms with Crippen molar-refractivity contribution in [3.8, 4) is 0 Å². The minimum Gasteiger partial charge on any atom is -0.396 e. The van der Waals surface area contributed by atoms with Gasteiger partial charge in [0.15, 0.2) is 0 Å². The fourth-order valence-electron chi connectivity index (χ4n) is 2.15. The molecule has 2 aromatic rings. The second kappa shape index (κ2) is 5.71. The van der Waals surface area contributed by atoms with Crippen LogP contribution in [0.15, 0.2) is 22.7 Å². The van der Waals surface area contributed by atoms with Crippen LogP contribution < -0.4 is 5.73 Å². The zero-order valence-corrected chi connectivity index (χ0v) is 12.0. The number of halogens is 1. The molecular weight excluding hydrogens is 294 g/mol. The molecule has 0 amide bonds. The van der Waals surface area contributed by atoms with E-state index < -0.39 is 0 Å². The summed E-state index contributed by atoms with van der Waals surface area (Å²) in [5, 5.41) is 8.85. The van der Waals surface area contributed by atoms with Crippen LogP contribution in [0.2, 0.25) is 0 Å². The third-order valence-corrected chi connectivity index (χ3v) is 3.58. The Morgan fingerprint density at radius 3 is 3.00 bits per heavy atom. The van der Waals surface area contributed by atoms with Crippen LogP contribution in [0.3, 0.4) is 0 Å². The number of aliphatic hydroxyl groups excluding tert-OH is 1. The van der Waals surface area contributed by atoms with Crippen LogP contribution in [0.4, 0.5) is 5.95 Å². The van der Waals surface area contributed by atoms with Crippen molar-refractivity contribution >= 4 is 32.9 Å². The third kappa shape index (κ3) is 2.84. The van der Waals surface area contributed by atoms with E-state index in [1.54, 1.807) is 0 Å². The lowest BCUT2D eigenvalue weighted by atomic mass is 10.1. The average Bonchev–Trinajstić information content (AvgIpc) is 2.63. The highest BCUT2D eigenvalue weighted by Gasteiger charge is 2.11. The molecule has 0 aliphatic rings. The van der Waals surface area contributed by atoms with Gasteiger partial charge in [0.1, 0.15) is 0 Å². The van der Waals surface area contributed by atoms with Crippen molar-refractivity contribution in [2.45, 2.75) is 26.3 Å². The molecule has 1 aromatic carbocycles. The third-order valence-electron chi connectivity index (χ3n) is 3.09. The normalized spacial score (nSPS) is 13.1. The van der Waals surface area contributed by atoms with Crippen LogP contribution in [0.25, 0.3) is 11.0 Å². The fourth-order valence-corrected chi connectivity index (χ4v) is 2.50. The number of hydrogen-bond donors (Lipinski definition) is 2. The Bertz CT molecular complexity index is 538. The second-order valence-electron chi connectivity index (χ2n) is 4.68. The standard InChI is InChI=1S/C13H18BrN3O/c1-9(3-2-6-18)8-17-12-7-10(14)4-5-11(12)16-13(17)15/h4-5,7,9,18H,2-3,6,8H2,1H3,(H2,15,16). The highest BCUT2D eigenvalue weighted by molar-refractivity contribution is 9.10. The first-order valence-electron chi connectivity index (χ1n) is 6.14. The molecular formula is C13H18BrN3O. The van der Waals surface area contributed by atoms with Crippen molar-refractivity contribution in [2.24, 2.45) is 5.92 Å². The highest BCUT2D eigenvalue weighted by Crippen LogP contribution is 2.23. The van der Waals surface area contributed by atoms with E-state index in [9.17, 15) is 0 Å². The number of aliphatic hydroxyl groups is 1. The summed E-state index contributed by atoms with van der Waals surface area (Å²) in [4.78, 5) is 4.36. The van der Waals surface area contributed by atoms with Crippen LogP contribution in [-0.2, 0) is 6.54 Å². The molecule has 2 rings (SSSR count). The molecule has 0 saturated heterocycles. The van der Waals surface area contributed by atoms with Crippen molar-refractivity contribution in [3.63, 3.8) is 0 Å². The van der Waals surface area contributed by atoms with Gasteiger partial charge in [0.2, 0.25) is 5.95 Å². The van der Waals surface area contributed by atoms with Crippen molar-refractivity contribution in [2.75, 3.05) is 12.3 Å². The van der Waals surface area contributed by atoms with Gasteiger partial charge in [-0.15, -0.1) is 0 Å². The summed E-state index contributed by atoms with van der Waals surface area (Å²) in [6.45, 7) is 3.24. The Kier molecular flexibility index (Phi) is 4.24. The summed E-state index contributed by atoms with van der Waals surface area (Å²) in [5.41, 5.74) is 7.94. The topological polar surface area (TPSA) is 64.1 Å². The van der Waals surface area contributed by atoms with Crippen LogP contribution in [0.1, 0.15) is 19.8 Å². The first-order valence-corrected chi connectivity index (χ1v) is 6.93. The van der Waals surface area contributed by atoms with E-state index in [1.807, 2.05) is 22.8 Å². The van der Waals surface area contributed by atoms with E-state index in [1.165, 1.54) is 0 Å². The summed E-state index contributed by atoms with van der Waals surface area (Å²) in [5.74, 6) is 1.02. The Hall–Kier alpha value is -1.07. The molecule has 0 saturated carbocycles. The van der Waals surface area contributed by atoms with Crippen LogP contribution in [0, 0.1) is 5.92 Å². The van der Waals surface area contributed by atoms with Crippen molar-refractivity contribution < 1.29 is 5.11 Å². The second-order valence-corrected chi connectivity index (χ2v) is 5.60. The van der Waals surface area contributed by atoms with Gasteiger partial charge in [-0.2, -0.15) is 0 Å². The molecule has 0 bridgehead atoms. The molecule has 0 spiro atoms. The van der Waals surface area contributed by atoms with E-state index in [-0.39, 0.29) is 6.61 Å². The van der Waals surface area contributed by atoms with Gasteiger partial charge in [0, 0.05) is 17.6 Å². The number of fused-ring (bicyclic) bond motifs is 1. The predicted octanol–water partition coefficient (Wildman–Crippen LogP) is 2.79. The van der Waals surface area contributed by atoms with E-state index in [4.69, 9.17) is 10.8 Å². The molecule has 1 atom stereocenters. The maximum absolute atomic E-state index is 8.85. The number of imidazole rings is 1. The van der Waals surface area contributed by atoms with Gasteiger partial charge in [-0.3, -0.25) is 0 Å². The minimum absolute atomic E-state index is 0.246. The van der Waals surface area contributed by atoms with Crippen molar-refractivity contribution in [1.29, 1.82) is 0 Å². The lowest BCUT2D eigenvalue weighted by Crippen LogP contribution is -2.10. The number of rotatable bonds is 5. The fraction of sp³-hybridized carbons (Fsp3) is 0.462. The monoisotopic (exact) mass is 311 g/mol. The molecule has 1 aromatic heterocycles. The van der Waals surface area contributed by atoms with Crippen LogP contribution >= 0.6 is 15.9 Å². The van der Waals surface area contributed by atoms with Gasteiger partial charge >= 0.3 is 0 Å². The number of nitrogen functional groups attached to an aromatic ring is 1. The van der Waals surface area contributed by atoms with E-state index in [0.29, 0.717) is 11.9 Å². The number of nitrogens with zero attached hydrogens (tertiary/aromatic N) is 2. The molecule has 4 nitrogen and oxygen atoms in total. The Labute approximate surface area is 115 Å². The molecule has 1 heterocycles. The zero-order valence-electron chi connectivity index (χ0n) is 10.4. The van der Waals surface area contributed by atoms with Gasteiger partial charge < -0.3 is 15.4 Å². The quantitative estimate of drug-likeness (QED) is 0.892. The number of benzene rings is 1. The minimum atomic E-state index is 0.246. The Morgan fingerprint density at radius 2 is 2.28 bits per heavy atom. The summed E-state index contributed by atoms with van der Waals surface area (Å²) < 4.78 is 3.07. The summed E-state index contributed by atoms with van der Waals surface area (Å²) in [6, 6.07) is 5.97. The van der Waals surface area contributed by atoms with Crippen LogP contribution in [0.5, 0.6) is 0 Å². The average molecular weight is 312 g/mol. The molecule has 5 heteroatoms. The largest absolute Gasteiger partial charge is 0.396 e. The maximum Gasteiger partial charge on any atom is 0.201 e. The first-order chi connectivity index (χ1) is 8.61. The number of anilines is 1. The lowest BCUT2D eigenvalue weighted by molar-refractivity contribution is 0.270. The van der Waals surface area contributed by atoms with E-state index in [0.717, 1.165) is 34.9 Å². The molecule has 0 aliphatic carbocycles. The highest BCUT2D eigenvalue weighted by atomic mass is 79.9. The maximum atomic E-state index is 8.85. The predicted molar refractivity (Wildman–Crippen MR) is 77.3 cm³/mol. The Balaban J connectivity index is 2.26. The zero-order chi connectivity index (χ0) is 13.1. The summed E-state index contributed by atoms with van der Waals surface area (Å²) in [7, 11) is 0. The van der Waals surface area contributed by atoms with Gasteiger partial charge in [-0.1, -0.05) is 22.9 Å². The lowest BCUT2D eigenvalue weighted by Gasteiger charge is -2.13. The SMILES string of the molecule is CC(CCCO)Cn1c(N)nc2ccc(Br)cc21. The number of hydrogen-bond acceptors (Lipinski definition) is 3. The smallest absolute Gasteiger partial charge is 0.201 e. The molecule has 0 fully saturated rings. The Morgan fingerprint density at radius 1 is 1.50 bits per heavy atom. The van der Waals surface area contributed by atoms with E-state index in [2.05, 4.69) is 27.8 Å². The van der Waals surface area contributed by atoms with Crippen molar-refractivity contribution in [1.82, 2.24) is 9.55 Å². The first kappa shape index (κ1) is 13.4. The molecule has 0 aliphatic heterocycles. The summed E-state index contributed by atoms with van der Waals surface area (Å²) in [6.07, 6.45) is 1.82. The molecule has 18 heavy (non-hydrogen) atoms. The van der Waals surface area contributed by atoms with Crippen molar-refractivity contribution in [3.05, 3.63) is 22.7 Å². The van der Waals surface area contributed by atoms with E-state index >= 15 is 0 Å². The van der Waals surface area contributed by atoms with Gasteiger partial charge in [-0.05, 0) is 37.0 Å². The molecule has 3 N–H and O–H groups in total. The van der Waals surface area contributed by atoms with Gasteiger partial charge in [0.25, 0.3) is 0 Å².